The van der Waals surface area contributed by atoms with Gasteiger partial charge in [-0.2, -0.15) is 0 Å². The minimum atomic E-state index is -0.448. The first-order valence-electron chi connectivity index (χ1n) is 8.82. The maximum atomic E-state index is 13.1. The van der Waals surface area contributed by atoms with E-state index in [2.05, 4.69) is 10.2 Å². The number of nitrogen functional groups attached to an aromatic ring is 1. The van der Waals surface area contributed by atoms with E-state index in [4.69, 9.17) is 10.3 Å². The Morgan fingerprint density at radius 2 is 1.93 bits per heavy atom. The fourth-order valence-corrected chi connectivity index (χ4v) is 3.90. The summed E-state index contributed by atoms with van der Waals surface area (Å²) in [5.74, 6) is 7.48. The first-order chi connectivity index (χ1) is 13.1. The molecule has 0 radical (unpaired) electrons. The minimum Gasteiger partial charge on any atom is -0.469 e. The number of carbonyl (C=O) groups excluding carboxylic acids is 1. The Kier molecular flexibility index (Phi) is 5.85. The molecule has 142 valence electrons. The molecule has 0 bridgehead atoms. The summed E-state index contributed by atoms with van der Waals surface area (Å²) in [5.41, 5.74) is 1.69. The van der Waals surface area contributed by atoms with Crippen LogP contribution in [0.15, 0.2) is 52.2 Å². The van der Waals surface area contributed by atoms with Crippen molar-refractivity contribution >= 4 is 17.7 Å². The summed E-state index contributed by atoms with van der Waals surface area (Å²) in [6, 6.07) is 11.5. The molecule has 0 spiro atoms. The van der Waals surface area contributed by atoms with Crippen molar-refractivity contribution in [2.75, 3.05) is 18.9 Å². The van der Waals surface area contributed by atoms with Crippen LogP contribution in [-0.4, -0.2) is 38.8 Å². The molecule has 1 atom stereocenters. The van der Waals surface area contributed by atoms with Crippen LogP contribution in [0.5, 0.6) is 0 Å². The van der Waals surface area contributed by atoms with Crippen LogP contribution in [0.1, 0.15) is 30.4 Å². The number of amides is 1. The van der Waals surface area contributed by atoms with Gasteiger partial charge in [0, 0.05) is 13.1 Å². The van der Waals surface area contributed by atoms with E-state index in [0.717, 1.165) is 11.1 Å². The molecule has 27 heavy (non-hydrogen) atoms. The van der Waals surface area contributed by atoms with Gasteiger partial charge in [0.25, 0.3) is 0 Å². The summed E-state index contributed by atoms with van der Waals surface area (Å²) in [6.07, 6.45) is 1.59. The van der Waals surface area contributed by atoms with Gasteiger partial charge in [0.05, 0.1) is 11.8 Å². The van der Waals surface area contributed by atoms with Gasteiger partial charge in [-0.25, -0.2) is 4.68 Å². The second-order valence-electron chi connectivity index (χ2n) is 5.99. The number of rotatable bonds is 7. The number of benzene rings is 1. The van der Waals surface area contributed by atoms with Gasteiger partial charge in [0.1, 0.15) is 11.0 Å². The highest BCUT2D eigenvalue weighted by molar-refractivity contribution is 8.00. The summed E-state index contributed by atoms with van der Waals surface area (Å²) >= 11 is 1.30. The van der Waals surface area contributed by atoms with Crippen LogP contribution in [-0.2, 0) is 4.79 Å². The molecule has 1 amide bonds. The van der Waals surface area contributed by atoms with Gasteiger partial charge in [-0.1, -0.05) is 42.1 Å². The molecule has 0 saturated heterocycles. The SMILES string of the molecule is CCN(CC)C(=O)C(Sc1nnc(-c2ccoc2C)n1N)c1ccccc1. The summed E-state index contributed by atoms with van der Waals surface area (Å²) in [4.78, 5) is 14.9. The van der Waals surface area contributed by atoms with Crippen LogP contribution < -0.4 is 5.84 Å². The zero-order valence-electron chi connectivity index (χ0n) is 15.6. The van der Waals surface area contributed by atoms with E-state index in [9.17, 15) is 4.79 Å². The minimum absolute atomic E-state index is 0.0280. The first-order valence-corrected chi connectivity index (χ1v) is 9.70. The predicted molar refractivity (Wildman–Crippen MR) is 106 cm³/mol. The van der Waals surface area contributed by atoms with Crippen molar-refractivity contribution in [2.24, 2.45) is 0 Å². The molecule has 7 nitrogen and oxygen atoms in total. The Morgan fingerprint density at radius 1 is 1.22 bits per heavy atom. The summed E-state index contributed by atoms with van der Waals surface area (Å²) in [7, 11) is 0. The van der Waals surface area contributed by atoms with E-state index in [1.165, 1.54) is 16.4 Å². The molecule has 2 N–H and O–H groups in total. The van der Waals surface area contributed by atoms with Crippen molar-refractivity contribution in [2.45, 2.75) is 31.2 Å². The van der Waals surface area contributed by atoms with Crippen LogP contribution in [0.4, 0.5) is 0 Å². The third-order valence-corrected chi connectivity index (χ3v) is 5.59. The van der Waals surface area contributed by atoms with E-state index < -0.39 is 5.25 Å². The number of carbonyl (C=O) groups is 1. The van der Waals surface area contributed by atoms with Gasteiger partial charge >= 0.3 is 0 Å². The van der Waals surface area contributed by atoms with Crippen molar-refractivity contribution in [1.29, 1.82) is 0 Å². The third-order valence-electron chi connectivity index (χ3n) is 4.39. The second kappa shape index (κ2) is 8.30. The normalized spacial score (nSPS) is 12.1. The van der Waals surface area contributed by atoms with Crippen molar-refractivity contribution in [1.82, 2.24) is 19.8 Å². The summed E-state index contributed by atoms with van der Waals surface area (Å²) in [5, 5.41) is 8.43. The molecular weight excluding hydrogens is 362 g/mol. The summed E-state index contributed by atoms with van der Waals surface area (Å²) < 4.78 is 6.74. The fraction of sp³-hybridized carbons (Fsp3) is 0.316. The van der Waals surface area contributed by atoms with Gasteiger partial charge in [-0.15, -0.1) is 10.2 Å². The molecule has 1 unspecified atom stereocenters. The van der Waals surface area contributed by atoms with Gasteiger partial charge in [-0.3, -0.25) is 4.79 Å². The predicted octanol–water partition coefficient (Wildman–Crippen LogP) is 3.26. The summed E-state index contributed by atoms with van der Waals surface area (Å²) in [6.45, 7) is 7.08. The van der Waals surface area contributed by atoms with Crippen LogP contribution in [0.25, 0.3) is 11.4 Å². The fourth-order valence-electron chi connectivity index (χ4n) is 2.85. The molecule has 2 heterocycles. The van der Waals surface area contributed by atoms with Gasteiger partial charge in [0.15, 0.2) is 5.82 Å². The molecule has 2 aromatic heterocycles. The molecular formula is C19H23N5O2S. The maximum Gasteiger partial charge on any atom is 0.240 e. The highest BCUT2D eigenvalue weighted by atomic mass is 32.2. The monoisotopic (exact) mass is 385 g/mol. The van der Waals surface area contributed by atoms with E-state index in [0.29, 0.717) is 29.8 Å². The number of nitrogens with two attached hydrogens (primary N) is 1. The molecule has 1 aromatic carbocycles. The number of likely N-dealkylation sites (N-methyl/N-ethyl adjacent to an activating group) is 1. The molecule has 3 aromatic rings. The van der Waals surface area contributed by atoms with E-state index in [1.54, 1.807) is 12.3 Å². The van der Waals surface area contributed by atoms with Gasteiger partial charge in [0.2, 0.25) is 11.1 Å². The van der Waals surface area contributed by atoms with Crippen LogP contribution in [0, 0.1) is 6.92 Å². The Bertz CT molecular complexity index is 902. The standard InChI is InChI=1S/C19H23N5O2S/c1-4-23(5-2)18(25)16(14-9-7-6-8-10-14)27-19-22-21-17(24(19)20)15-11-12-26-13(15)3/h6-12,16H,4-5,20H2,1-3H3. The Balaban J connectivity index is 1.95. The third kappa shape index (κ3) is 3.85. The van der Waals surface area contributed by atoms with Crippen LogP contribution in [0.3, 0.4) is 0 Å². The molecule has 0 fully saturated rings. The highest BCUT2D eigenvalue weighted by Crippen LogP contribution is 2.36. The number of aromatic nitrogens is 3. The second-order valence-corrected chi connectivity index (χ2v) is 7.06. The van der Waals surface area contributed by atoms with Crippen molar-refractivity contribution in [3.63, 3.8) is 0 Å². The number of aryl methyl sites for hydroxylation is 1. The lowest BCUT2D eigenvalue weighted by molar-refractivity contribution is -0.130. The molecule has 0 aliphatic carbocycles. The lowest BCUT2D eigenvalue weighted by Gasteiger charge is -2.24. The number of hydrogen-bond donors (Lipinski definition) is 1. The zero-order chi connectivity index (χ0) is 19.4. The Hall–Kier alpha value is -2.74. The average Bonchev–Trinajstić information content (AvgIpc) is 3.26. The molecule has 0 aliphatic rings. The number of furan rings is 1. The largest absolute Gasteiger partial charge is 0.469 e. The lowest BCUT2D eigenvalue weighted by atomic mass is 10.1. The zero-order valence-corrected chi connectivity index (χ0v) is 16.4. The van der Waals surface area contributed by atoms with E-state index in [1.807, 2.05) is 56.0 Å². The maximum absolute atomic E-state index is 13.1. The smallest absolute Gasteiger partial charge is 0.240 e. The van der Waals surface area contributed by atoms with Crippen molar-refractivity contribution in [3.8, 4) is 11.4 Å². The number of hydrogen-bond acceptors (Lipinski definition) is 6. The average molecular weight is 385 g/mol. The number of thioether (sulfide) groups is 1. The highest BCUT2D eigenvalue weighted by Gasteiger charge is 2.28. The molecule has 0 aliphatic heterocycles. The van der Waals surface area contributed by atoms with Crippen LogP contribution in [0.2, 0.25) is 0 Å². The quantitative estimate of drug-likeness (QED) is 0.496. The molecule has 0 saturated carbocycles. The Labute approximate surface area is 162 Å². The molecule has 3 rings (SSSR count). The van der Waals surface area contributed by atoms with Gasteiger partial charge < -0.3 is 15.2 Å². The number of nitrogens with zero attached hydrogens (tertiary/aromatic N) is 4. The van der Waals surface area contributed by atoms with Gasteiger partial charge in [-0.05, 0) is 32.4 Å². The topological polar surface area (TPSA) is 90.2 Å². The lowest BCUT2D eigenvalue weighted by Crippen LogP contribution is -2.34. The molecule has 8 heteroatoms. The van der Waals surface area contributed by atoms with Crippen LogP contribution >= 0.6 is 11.8 Å². The Morgan fingerprint density at radius 3 is 2.52 bits per heavy atom. The first kappa shape index (κ1) is 19.0. The van der Waals surface area contributed by atoms with Crippen molar-refractivity contribution < 1.29 is 9.21 Å². The van der Waals surface area contributed by atoms with Crippen molar-refractivity contribution in [3.05, 3.63) is 54.0 Å². The van der Waals surface area contributed by atoms with E-state index >= 15 is 0 Å². The van der Waals surface area contributed by atoms with E-state index in [-0.39, 0.29) is 5.91 Å².